The minimum absolute atomic E-state index is 0.151. The molecule has 146 valence electrons. The molecular formula is C21H28N2O4. The molecule has 0 unspecified atom stereocenters. The molecule has 1 amide bonds. The van der Waals surface area contributed by atoms with Gasteiger partial charge >= 0.3 is 0 Å². The summed E-state index contributed by atoms with van der Waals surface area (Å²) < 4.78 is 10.8. The van der Waals surface area contributed by atoms with Gasteiger partial charge < -0.3 is 14.4 Å². The number of carbonyl (C=O) groups is 2. The molecule has 0 atom stereocenters. The molecule has 0 radical (unpaired) electrons. The maximum atomic E-state index is 12.9. The Morgan fingerprint density at radius 3 is 2.41 bits per heavy atom. The molecule has 3 aliphatic rings. The number of ether oxygens (including phenoxy) is 2. The molecule has 1 spiro atoms. The molecule has 2 aliphatic heterocycles. The zero-order valence-electron chi connectivity index (χ0n) is 16.3. The number of Topliss-reactive ketones (excluding diaryl/α,β-unsaturated/α-hetero) is 1. The highest BCUT2D eigenvalue weighted by molar-refractivity contribution is 5.89. The van der Waals surface area contributed by atoms with E-state index in [2.05, 4.69) is 4.90 Å². The van der Waals surface area contributed by atoms with Gasteiger partial charge in [-0.2, -0.15) is 0 Å². The highest BCUT2D eigenvalue weighted by atomic mass is 16.5. The maximum absolute atomic E-state index is 12.9. The summed E-state index contributed by atoms with van der Waals surface area (Å²) in [5.74, 6) is 2.00. The molecule has 0 N–H and O–H groups in total. The second-order valence-corrected chi connectivity index (χ2v) is 8.06. The van der Waals surface area contributed by atoms with Gasteiger partial charge in [0.05, 0.1) is 20.8 Å². The fourth-order valence-corrected chi connectivity index (χ4v) is 4.66. The Bertz CT molecular complexity index is 757. The van der Waals surface area contributed by atoms with E-state index >= 15 is 0 Å². The summed E-state index contributed by atoms with van der Waals surface area (Å²) in [5, 5.41) is 0. The number of nitrogens with zero attached hydrogens (tertiary/aromatic N) is 2. The van der Waals surface area contributed by atoms with E-state index in [1.165, 1.54) is 11.1 Å². The molecule has 2 fully saturated rings. The average Bonchev–Trinajstić information content (AvgIpc) is 2.65. The SMILES string of the molecule is COc1cc2c(cc1OC)CN(CC(=O)N1CCC(=O)C3(CCC3)C1)CC2. The third-order valence-electron chi connectivity index (χ3n) is 6.51. The number of likely N-dealkylation sites (tertiary alicyclic amines) is 1. The van der Waals surface area contributed by atoms with Gasteiger partial charge in [0, 0.05) is 38.0 Å². The van der Waals surface area contributed by atoms with Crippen LogP contribution in [0.4, 0.5) is 0 Å². The van der Waals surface area contributed by atoms with E-state index in [1.807, 2.05) is 17.0 Å². The largest absolute Gasteiger partial charge is 0.493 e. The number of amides is 1. The Morgan fingerprint density at radius 1 is 1.07 bits per heavy atom. The van der Waals surface area contributed by atoms with Crippen molar-refractivity contribution in [3.05, 3.63) is 23.3 Å². The summed E-state index contributed by atoms with van der Waals surface area (Å²) in [6.07, 6.45) is 4.43. The average molecular weight is 372 g/mol. The summed E-state index contributed by atoms with van der Waals surface area (Å²) in [6.45, 7) is 3.21. The van der Waals surface area contributed by atoms with Gasteiger partial charge in [-0.05, 0) is 42.5 Å². The summed E-state index contributed by atoms with van der Waals surface area (Å²) in [7, 11) is 3.29. The fourth-order valence-electron chi connectivity index (χ4n) is 4.66. The molecule has 1 aliphatic carbocycles. The van der Waals surface area contributed by atoms with E-state index in [4.69, 9.17) is 9.47 Å². The van der Waals surface area contributed by atoms with Crippen molar-refractivity contribution in [3.8, 4) is 11.5 Å². The molecule has 0 bridgehead atoms. The normalized spacial score (nSPS) is 21.6. The summed E-state index contributed by atoms with van der Waals surface area (Å²) in [5.41, 5.74) is 2.23. The second-order valence-electron chi connectivity index (χ2n) is 8.06. The Balaban J connectivity index is 1.41. The van der Waals surface area contributed by atoms with Crippen molar-refractivity contribution in [2.24, 2.45) is 5.41 Å². The monoisotopic (exact) mass is 372 g/mol. The van der Waals surface area contributed by atoms with E-state index in [1.54, 1.807) is 14.2 Å². The smallest absolute Gasteiger partial charge is 0.236 e. The molecule has 1 saturated carbocycles. The summed E-state index contributed by atoms with van der Waals surface area (Å²) in [4.78, 5) is 29.2. The second kappa shape index (κ2) is 7.15. The van der Waals surface area contributed by atoms with E-state index < -0.39 is 0 Å². The number of fused-ring (bicyclic) bond motifs is 1. The summed E-state index contributed by atoms with van der Waals surface area (Å²) >= 11 is 0. The van der Waals surface area contributed by atoms with Gasteiger partial charge in [-0.3, -0.25) is 14.5 Å². The number of benzene rings is 1. The van der Waals surface area contributed by atoms with E-state index in [0.29, 0.717) is 31.8 Å². The number of piperidine rings is 1. The van der Waals surface area contributed by atoms with Crippen LogP contribution in [0.15, 0.2) is 12.1 Å². The van der Waals surface area contributed by atoms with Crippen molar-refractivity contribution in [3.63, 3.8) is 0 Å². The number of ketones is 1. The van der Waals surface area contributed by atoms with Gasteiger partial charge in [0.1, 0.15) is 5.78 Å². The van der Waals surface area contributed by atoms with E-state index in [0.717, 1.165) is 50.3 Å². The Morgan fingerprint density at radius 2 is 1.78 bits per heavy atom. The predicted octanol–water partition coefficient (Wildman–Crippen LogP) is 2.03. The number of hydrogen-bond donors (Lipinski definition) is 0. The molecule has 27 heavy (non-hydrogen) atoms. The van der Waals surface area contributed by atoms with E-state index in [9.17, 15) is 9.59 Å². The van der Waals surface area contributed by atoms with Gasteiger partial charge in [-0.25, -0.2) is 0 Å². The molecule has 1 aromatic carbocycles. The highest BCUT2D eigenvalue weighted by Gasteiger charge is 2.48. The zero-order valence-corrected chi connectivity index (χ0v) is 16.3. The van der Waals surface area contributed by atoms with Crippen molar-refractivity contribution in [2.75, 3.05) is 40.4 Å². The van der Waals surface area contributed by atoms with Crippen molar-refractivity contribution >= 4 is 11.7 Å². The van der Waals surface area contributed by atoms with Crippen LogP contribution < -0.4 is 9.47 Å². The lowest BCUT2D eigenvalue weighted by atomic mass is 9.63. The molecular weight excluding hydrogens is 344 g/mol. The number of carbonyl (C=O) groups excluding carboxylic acids is 2. The van der Waals surface area contributed by atoms with Gasteiger partial charge in [-0.15, -0.1) is 0 Å². The van der Waals surface area contributed by atoms with Crippen LogP contribution in [-0.2, 0) is 22.6 Å². The van der Waals surface area contributed by atoms with Gasteiger partial charge in [0.25, 0.3) is 0 Å². The quantitative estimate of drug-likeness (QED) is 0.809. The fraction of sp³-hybridized carbons (Fsp3) is 0.619. The molecule has 0 aromatic heterocycles. The summed E-state index contributed by atoms with van der Waals surface area (Å²) in [6, 6.07) is 4.07. The lowest BCUT2D eigenvalue weighted by Gasteiger charge is -2.47. The van der Waals surface area contributed by atoms with Crippen LogP contribution in [0.3, 0.4) is 0 Å². The first-order valence-corrected chi connectivity index (χ1v) is 9.82. The van der Waals surface area contributed by atoms with Crippen LogP contribution in [0.2, 0.25) is 0 Å². The van der Waals surface area contributed by atoms with Gasteiger partial charge in [-0.1, -0.05) is 6.42 Å². The first kappa shape index (κ1) is 18.3. The highest BCUT2D eigenvalue weighted by Crippen LogP contribution is 2.45. The standard InChI is InChI=1S/C21H28N2O4/c1-26-17-10-15-4-8-22(12-16(15)11-18(17)27-2)13-20(25)23-9-5-19(24)21(14-23)6-3-7-21/h10-11H,3-9,12-14H2,1-2H3. The molecule has 2 heterocycles. The topological polar surface area (TPSA) is 59.1 Å². The molecule has 6 heteroatoms. The lowest BCUT2D eigenvalue weighted by molar-refractivity contribution is -0.148. The van der Waals surface area contributed by atoms with Crippen LogP contribution in [-0.4, -0.2) is 61.9 Å². The minimum atomic E-state index is -0.216. The first-order chi connectivity index (χ1) is 13.0. The zero-order chi connectivity index (χ0) is 19.0. The number of rotatable bonds is 4. The lowest BCUT2D eigenvalue weighted by Crippen LogP contribution is -2.56. The van der Waals surface area contributed by atoms with Gasteiger partial charge in [0.2, 0.25) is 5.91 Å². The third kappa shape index (κ3) is 3.31. The van der Waals surface area contributed by atoms with Crippen molar-refractivity contribution in [1.82, 2.24) is 9.80 Å². The minimum Gasteiger partial charge on any atom is -0.493 e. The Hall–Kier alpha value is -2.08. The Kier molecular flexibility index (Phi) is 4.84. The number of hydrogen-bond acceptors (Lipinski definition) is 5. The van der Waals surface area contributed by atoms with Crippen LogP contribution in [0.25, 0.3) is 0 Å². The van der Waals surface area contributed by atoms with Crippen molar-refractivity contribution in [1.29, 1.82) is 0 Å². The molecule has 4 rings (SSSR count). The molecule has 1 aromatic rings. The maximum Gasteiger partial charge on any atom is 0.236 e. The van der Waals surface area contributed by atoms with Crippen LogP contribution >= 0.6 is 0 Å². The van der Waals surface area contributed by atoms with Crippen LogP contribution in [0.1, 0.15) is 36.8 Å². The molecule has 1 saturated heterocycles. The first-order valence-electron chi connectivity index (χ1n) is 9.82. The van der Waals surface area contributed by atoms with Crippen LogP contribution in [0.5, 0.6) is 11.5 Å². The Labute approximate surface area is 160 Å². The van der Waals surface area contributed by atoms with E-state index in [-0.39, 0.29) is 11.3 Å². The predicted molar refractivity (Wildman–Crippen MR) is 101 cm³/mol. The van der Waals surface area contributed by atoms with Gasteiger partial charge in [0.15, 0.2) is 11.5 Å². The molecule has 6 nitrogen and oxygen atoms in total. The van der Waals surface area contributed by atoms with Crippen molar-refractivity contribution in [2.45, 2.75) is 38.6 Å². The van der Waals surface area contributed by atoms with Crippen molar-refractivity contribution < 1.29 is 19.1 Å². The number of methoxy groups -OCH3 is 2. The third-order valence-corrected chi connectivity index (χ3v) is 6.51. The van der Waals surface area contributed by atoms with Crippen LogP contribution in [0, 0.1) is 5.41 Å².